The lowest BCUT2D eigenvalue weighted by Gasteiger charge is -2.12. The molecule has 0 aliphatic rings. The van der Waals surface area contributed by atoms with Gasteiger partial charge in [0.15, 0.2) is 5.11 Å². The van der Waals surface area contributed by atoms with Crippen molar-refractivity contribution in [3.05, 3.63) is 29.8 Å². The van der Waals surface area contributed by atoms with E-state index in [1.54, 1.807) is 45.2 Å². The Morgan fingerprint density at radius 3 is 2.33 bits per heavy atom. The first-order chi connectivity index (χ1) is 9.92. The summed E-state index contributed by atoms with van der Waals surface area (Å²) in [6, 6.07) is 7.17. The van der Waals surface area contributed by atoms with Crippen LogP contribution in [0.4, 0.5) is 0 Å². The molecule has 0 radical (unpaired) electrons. The van der Waals surface area contributed by atoms with Crippen LogP contribution in [0, 0.1) is 5.92 Å². The molecule has 0 unspecified atom stereocenters. The molecular weight excluding hydrogens is 290 g/mol. The largest absolute Gasteiger partial charge is 0.497 e. The second kappa shape index (κ2) is 8.21. The molecule has 21 heavy (non-hydrogen) atoms. The van der Waals surface area contributed by atoms with Crippen LogP contribution in [0.5, 0.6) is 5.75 Å². The number of rotatable bonds is 4. The maximum atomic E-state index is 11.7. The quantitative estimate of drug-likeness (QED) is 0.569. The first-order valence-corrected chi connectivity index (χ1v) is 6.85. The molecule has 0 aliphatic carbocycles. The monoisotopic (exact) mass is 309 g/mol. The summed E-state index contributed by atoms with van der Waals surface area (Å²) >= 11 is 4.89. The lowest BCUT2D eigenvalue weighted by molar-refractivity contribution is -0.123. The van der Waals surface area contributed by atoms with Crippen molar-refractivity contribution in [2.45, 2.75) is 20.3 Å². The number of methoxy groups -OCH3 is 1. The highest BCUT2D eigenvalue weighted by atomic mass is 32.1. The second-order valence-electron chi connectivity index (χ2n) is 4.67. The molecule has 0 fully saturated rings. The molecule has 6 nitrogen and oxygen atoms in total. The Hall–Kier alpha value is -2.15. The van der Waals surface area contributed by atoms with Gasteiger partial charge in [-0.3, -0.25) is 20.4 Å². The lowest BCUT2D eigenvalue weighted by Crippen LogP contribution is -2.49. The van der Waals surface area contributed by atoms with E-state index >= 15 is 0 Å². The van der Waals surface area contributed by atoms with E-state index in [1.807, 2.05) is 0 Å². The molecule has 0 aliphatic heterocycles. The number of ether oxygens (including phenoxy) is 1. The SMILES string of the molecule is COc1ccc(CC(=O)NNC(=S)NC(=O)C(C)C)cc1. The van der Waals surface area contributed by atoms with Crippen LogP contribution in [0.1, 0.15) is 19.4 Å². The lowest BCUT2D eigenvalue weighted by atomic mass is 10.1. The van der Waals surface area contributed by atoms with Gasteiger partial charge < -0.3 is 10.1 Å². The highest BCUT2D eigenvalue weighted by Crippen LogP contribution is 2.11. The average molecular weight is 309 g/mol. The molecule has 0 aromatic heterocycles. The van der Waals surface area contributed by atoms with E-state index < -0.39 is 0 Å². The van der Waals surface area contributed by atoms with Gasteiger partial charge in [0, 0.05) is 5.92 Å². The third-order valence-electron chi connectivity index (χ3n) is 2.60. The van der Waals surface area contributed by atoms with Gasteiger partial charge >= 0.3 is 0 Å². The molecule has 1 aromatic rings. The van der Waals surface area contributed by atoms with Crippen molar-refractivity contribution < 1.29 is 14.3 Å². The summed E-state index contributed by atoms with van der Waals surface area (Å²) in [4.78, 5) is 23.1. The molecule has 1 rings (SSSR count). The van der Waals surface area contributed by atoms with E-state index in [2.05, 4.69) is 16.2 Å². The number of carbonyl (C=O) groups excluding carboxylic acids is 2. The van der Waals surface area contributed by atoms with Gasteiger partial charge in [0.2, 0.25) is 11.8 Å². The van der Waals surface area contributed by atoms with Gasteiger partial charge in [-0.05, 0) is 29.9 Å². The van der Waals surface area contributed by atoms with Crippen LogP contribution in [0.3, 0.4) is 0 Å². The summed E-state index contributed by atoms with van der Waals surface area (Å²) in [5.41, 5.74) is 5.75. The van der Waals surface area contributed by atoms with Crippen LogP contribution in [0.15, 0.2) is 24.3 Å². The number of amides is 2. The summed E-state index contributed by atoms with van der Waals surface area (Å²) in [6.07, 6.45) is 0.192. The van der Waals surface area contributed by atoms with Crippen molar-refractivity contribution in [2.24, 2.45) is 5.92 Å². The number of thiocarbonyl (C=S) groups is 1. The molecule has 2 amide bonds. The van der Waals surface area contributed by atoms with Gasteiger partial charge in [-0.2, -0.15) is 0 Å². The second-order valence-corrected chi connectivity index (χ2v) is 5.08. The first kappa shape index (κ1) is 16.9. The molecule has 114 valence electrons. The van der Waals surface area contributed by atoms with Crippen molar-refractivity contribution in [3.8, 4) is 5.75 Å². The Morgan fingerprint density at radius 2 is 1.81 bits per heavy atom. The summed E-state index contributed by atoms with van der Waals surface area (Å²) < 4.78 is 5.04. The predicted octanol–water partition coefficient (Wildman–Crippen LogP) is 0.916. The Labute approximate surface area is 129 Å². The van der Waals surface area contributed by atoms with Crippen molar-refractivity contribution in [1.29, 1.82) is 0 Å². The van der Waals surface area contributed by atoms with Crippen molar-refractivity contribution in [2.75, 3.05) is 7.11 Å². The molecule has 7 heteroatoms. The van der Waals surface area contributed by atoms with E-state index in [-0.39, 0.29) is 29.3 Å². The Bertz CT molecular complexity index is 515. The Balaban J connectivity index is 2.36. The summed E-state index contributed by atoms with van der Waals surface area (Å²) in [5.74, 6) is 0.0767. The standard InChI is InChI=1S/C14H19N3O3S/c1-9(2)13(19)15-14(21)17-16-12(18)8-10-4-6-11(20-3)7-5-10/h4-7,9H,8H2,1-3H3,(H,16,18)(H2,15,17,19,21). The third-order valence-corrected chi connectivity index (χ3v) is 2.80. The minimum atomic E-state index is -0.263. The topological polar surface area (TPSA) is 79.5 Å². The number of hydrogen-bond donors (Lipinski definition) is 3. The van der Waals surface area contributed by atoms with Gasteiger partial charge in [0.05, 0.1) is 13.5 Å². The van der Waals surface area contributed by atoms with Gasteiger partial charge in [0.1, 0.15) is 5.75 Å². The summed E-state index contributed by atoms with van der Waals surface area (Å²) in [6.45, 7) is 3.50. The normalized spacial score (nSPS) is 9.90. The minimum absolute atomic E-state index is 0.0665. The molecule has 0 atom stereocenters. The van der Waals surface area contributed by atoms with Gasteiger partial charge in [0.25, 0.3) is 0 Å². The minimum Gasteiger partial charge on any atom is -0.497 e. The smallest absolute Gasteiger partial charge is 0.242 e. The van der Waals surface area contributed by atoms with Crippen molar-refractivity contribution in [3.63, 3.8) is 0 Å². The van der Waals surface area contributed by atoms with Crippen LogP contribution in [-0.2, 0) is 16.0 Å². The fraction of sp³-hybridized carbons (Fsp3) is 0.357. The number of hydrazine groups is 1. The molecular formula is C14H19N3O3S. The van der Waals surface area contributed by atoms with Crippen molar-refractivity contribution in [1.82, 2.24) is 16.2 Å². The zero-order valence-electron chi connectivity index (χ0n) is 12.2. The van der Waals surface area contributed by atoms with E-state index in [0.717, 1.165) is 11.3 Å². The Morgan fingerprint density at radius 1 is 1.19 bits per heavy atom. The van der Waals surface area contributed by atoms with Crippen LogP contribution in [0.25, 0.3) is 0 Å². The zero-order valence-corrected chi connectivity index (χ0v) is 13.0. The van der Waals surface area contributed by atoms with Crippen LogP contribution >= 0.6 is 12.2 Å². The molecule has 0 heterocycles. The number of nitrogens with one attached hydrogen (secondary N) is 3. The maximum absolute atomic E-state index is 11.7. The first-order valence-electron chi connectivity index (χ1n) is 6.45. The van der Waals surface area contributed by atoms with Crippen LogP contribution < -0.4 is 20.9 Å². The van der Waals surface area contributed by atoms with Gasteiger partial charge in [-0.15, -0.1) is 0 Å². The highest BCUT2D eigenvalue weighted by molar-refractivity contribution is 7.80. The molecule has 0 saturated carbocycles. The molecule has 1 aromatic carbocycles. The average Bonchev–Trinajstić information content (AvgIpc) is 2.45. The van der Waals surface area contributed by atoms with Crippen LogP contribution in [0.2, 0.25) is 0 Å². The van der Waals surface area contributed by atoms with Crippen molar-refractivity contribution >= 4 is 29.1 Å². The van der Waals surface area contributed by atoms with E-state index in [0.29, 0.717) is 0 Å². The third kappa shape index (κ3) is 6.22. The van der Waals surface area contributed by atoms with Gasteiger partial charge in [-0.1, -0.05) is 26.0 Å². The summed E-state index contributed by atoms with van der Waals surface area (Å²) in [5, 5.41) is 2.53. The molecule has 0 saturated heterocycles. The number of hydrogen-bond acceptors (Lipinski definition) is 4. The van der Waals surface area contributed by atoms with E-state index in [1.165, 1.54) is 0 Å². The number of benzene rings is 1. The maximum Gasteiger partial charge on any atom is 0.242 e. The highest BCUT2D eigenvalue weighted by Gasteiger charge is 2.09. The molecule has 0 spiro atoms. The fourth-order valence-electron chi connectivity index (χ4n) is 1.39. The summed E-state index contributed by atoms with van der Waals surface area (Å²) in [7, 11) is 1.58. The Kier molecular flexibility index (Phi) is 6.61. The predicted molar refractivity (Wildman–Crippen MR) is 83.6 cm³/mol. The van der Waals surface area contributed by atoms with E-state index in [4.69, 9.17) is 17.0 Å². The fourth-order valence-corrected chi connectivity index (χ4v) is 1.54. The molecule has 3 N–H and O–H groups in total. The number of carbonyl (C=O) groups is 2. The van der Waals surface area contributed by atoms with E-state index in [9.17, 15) is 9.59 Å². The zero-order chi connectivity index (χ0) is 15.8. The van der Waals surface area contributed by atoms with Gasteiger partial charge in [-0.25, -0.2) is 0 Å². The molecule has 0 bridgehead atoms. The van der Waals surface area contributed by atoms with Crippen LogP contribution in [-0.4, -0.2) is 24.0 Å².